The monoisotopic (exact) mass is 277 g/mol. The van der Waals surface area contributed by atoms with E-state index in [0.717, 1.165) is 38.0 Å². The fraction of sp³-hybridized carbons (Fsp3) is 0.533. The van der Waals surface area contributed by atoms with Crippen molar-refractivity contribution >= 4 is 5.84 Å². The molecule has 2 rings (SSSR count). The van der Waals surface area contributed by atoms with Crippen molar-refractivity contribution in [2.45, 2.75) is 19.4 Å². The molecule has 1 aromatic carbocycles. The lowest BCUT2D eigenvalue weighted by atomic mass is 9.97. The van der Waals surface area contributed by atoms with Gasteiger partial charge in [0.25, 0.3) is 0 Å². The Morgan fingerprint density at radius 2 is 2.15 bits per heavy atom. The lowest BCUT2D eigenvalue weighted by Gasteiger charge is -2.31. The molecule has 5 heteroatoms. The van der Waals surface area contributed by atoms with Crippen molar-refractivity contribution in [1.82, 2.24) is 4.90 Å². The molecule has 0 radical (unpaired) electrons. The highest BCUT2D eigenvalue weighted by molar-refractivity contribution is 5.97. The molecule has 0 saturated carbocycles. The van der Waals surface area contributed by atoms with Gasteiger partial charge in [-0.05, 0) is 49.5 Å². The molecule has 1 heterocycles. The van der Waals surface area contributed by atoms with Crippen molar-refractivity contribution in [1.29, 1.82) is 5.41 Å². The molecule has 0 aliphatic carbocycles. The predicted octanol–water partition coefficient (Wildman–Crippen LogP) is 1.18. The summed E-state index contributed by atoms with van der Waals surface area (Å²) >= 11 is 0. The van der Waals surface area contributed by atoms with E-state index in [9.17, 15) is 0 Å². The highest BCUT2D eigenvalue weighted by Gasteiger charge is 2.18. The molecular weight excluding hydrogens is 254 g/mol. The van der Waals surface area contributed by atoms with Crippen LogP contribution in [0.5, 0.6) is 5.75 Å². The van der Waals surface area contributed by atoms with E-state index in [-0.39, 0.29) is 5.84 Å². The maximum absolute atomic E-state index is 9.15. The molecule has 1 fully saturated rings. The number of benzene rings is 1. The minimum absolute atomic E-state index is 0.0303. The lowest BCUT2D eigenvalue weighted by molar-refractivity contribution is 0.127. The first kappa shape index (κ1) is 14.8. The van der Waals surface area contributed by atoms with Crippen LogP contribution in [0.2, 0.25) is 0 Å². The van der Waals surface area contributed by atoms with Crippen LogP contribution in [-0.2, 0) is 6.54 Å². The van der Waals surface area contributed by atoms with E-state index in [2.05, 4.69) is 4.90 Å². The number of nitrogen functional groups attached to an aromatic ring is 1. The Kier molecular flexibility index (Phi) is 4.98. The summed E-state index contributed by atoms with van der Waals surface area (Å²) in [4.78, 5) is 2.37. The lowest BCUT2D eigenvalue weighted by Crippen LogP contribution is -2.34. The number of piperidine rings is 1. The SMILES string of the molecule is COc1ccc(CN2CCC(CO)CC2)cc1C(=N)N. The molecule has 5 nitrogen and oxygen atoms in total. The predicted molar refractivity (Wildman–Crippen MR) is 79.1 cm³/mol. The van der Waals surface area contributed by atoms with E-state index in [1.807, 2.05) is 18.2 Å². The number of nitrogens with zero attached hydrogens (tertiary/aromatic N) is 1. The van der Waals surface area contributed by atoms with Crippen molar-refractivity contribution in [3.05, 3.63) is 29.3 Å². The van der Waals surface area contributed by atoms with Gasteiger partial charge in [-0.15, -0.1) is 0 Å². The van der Waals surface area contributed by atoms with Crippen LogP contribution < -0.4 is 10.5 Å². The first-order chi connectivity index (χ1) is 9.63. The second kappa shape index (κ2) is 6.72. The van der Waals surface area contributed by atoms with Crippen LogP contribution in [0, 0.1) is 11.3 Å². The highest BCUT2D eigenvalue weighted by atomic mass is 16.5. The summed E-state index contributed by atoms with van der Waals surface area (Å²) in [5.41, 5.74) is 7.38. The molecule has 1 aliphatic rings. The Bertz CT molecular complexity index is 468. The number of hydrogen-bond acceptors (Lipinski definition) is 4. The van der Waals surface area contributed by atoms with Gasteiger partial charge in [0.2, 0.25) is 0 Å². The molecule has 0 bridgehead atoms. The first-order valence-corrected chi connectivity index (χ1v) is 6.98. The summed E-state index contributed by atoms with van der Waals surface area (Å²) in [6.07, 6.45) is 2.10. The summed E-state index contributed by atoms with van der Waals surface area (Å²) < 4.78 is 5.22. The van der Waals surface area contributed by atoms with Crippen LogP contribution in [0.4, 0.5) is 0 Å². The number of amidine groups is 1. The normalized spacial score (nSPS) is 17.1. The number of methoxy groups -OCH3 is 1. The van der Waals surface area contributed by atoms with E-state index in [1.54, 1.807) is 7.11 Å². The molecule has 4 N–H and O–H groups in total. The number of ether oxygens (including phenoxy) is 1. The molecule has 1 aliphatic heterocycles. The largest absolute Gasteiger partial charge is 0.496 e. The van der Waals surface area contributed by atoms with Gasteiger partial charge in [-0.1, -0.05) is 6.07 Å². The van der Waals surface area contributed by atoms with Crippen LogP contribution in [0.15, 0.2) is 18.2 Å². The molecule has 110 valence electrons. The second-order valence-electron chi connectivity index (χ2n) is 5.35. The van der Waals surface area contributed by atoms with Crippen LogP contribution in [0.1, 0.15) is 24.0 Å². The minimum Gasteiger partial charge on any atom is -0.496 e. The molecule has 0 atom stereocenters. The van der Waals surface area contributed by atoms with Gasteiger partial charge >= 0.3 is 0 Å². The van der Waals surface area contributed by atoms with Crippen LogP contribution in [0.25, 0.3) is 0 Å². The van der Waals surface area contributed by atoms with Crippen molar-refractivity contribution in [3.63, 3.8) is 0 Å². The Balaban J connectivity index is 2.03. The zero-order chi connectivity index (χ0) is 14.5. The summed E-state index contributed by atoms with van der Waals surface area (Å²) in [5.74, 6) is 1.12. The molecule has 0 aromatic heterocycles. The van der Waals surface area contributed by atoms with Crippen molar-refractivity contribution < 1.29 is 9.84 Å². The molecular formula is C15H23N3O2. The van der Waals surface area contributed by atoms with Crippen LogP contribution in [-0.4, -0.2) is 42.6 Å². The summed E-state index contributed by atoms with van der Waals surface area (Å²) in [6, 6.07) is 5.81. The van der Waals surface area contributed by atoms with Crippen molar-refractivity contribution in [2.75, 3.05) is 26.8 Å². The molecule has 0 spiro atoms. The maximum atomic E-state index is 9.15. The third-order valence-electron chi connectivity index (χ3n) is 3.93. The van der Waals surface area contributed by atoms with E-state index in [1.165, 1.54) is 0 Å². The fourth-order valence-corrected chi connectivity index (χ4v) is 2.65. The quantitative estimate of drug-likeness (QED) is 0.557. The number of rotatable bonds is 5. The zero-order valence-corrected chi connectivity index (χ0v) is 11.9. The molecule has 20 heavy (non-hydrogen) atoms. The topological polar surface area (TPSA) is 82.6 Å². The number of aliphatic hydroxyl groups excluding tert-OH is 1. The van der Waals surface area contributed by atoms with E-state index in [0.29, 0.717) is 23.8 Å². The molecule has 0 amide bonds. The van der Waals surface area contributed by atoms with E-state index >= 15 is 0 Å². The van der Waals surface area contributed by atoms with Gasteiger partial charge in [0, 0.05) is 13.2 Å². The second-order valence-corrected chi connectivity index (χ2v) is 5.35. The number of aliphatic hydroxyl groups is 1. The number of nitrogens with two attached hydrogens (primary N) is 1. The third-order valence-corrected chi connectivity index (χ3v) is 3.93. The summed E-state index contributed by atoms with van der Waals surface area (Å²) in [7, 11) is 1.58. The fourth-order valence-electron chi connectivity index (χ4n) is 2.65. The van der Waals surface area contributed by atoms with Crippen molar-refractivity contribution in [3.8, 4) is 5.75 Å². The standard InChI is InChI=1S/C15H23N3O2/c1-20-14-3-2-12(8-13(14)15(16)17)9-18-6-4-11(10-19)5-7-18/h2-3,8,11,19H,4-7,9-10H2,1H3,(H3,16,17). The number of hydrogen-bond donors (Lipinski definition) is 3. The van der Waals surface area contributed by atoms with Crippen molar-refractivity contribution in [2.24, 2.45) is 11.7 Å². The Labute approximate surface area is 119 Å². The average Bonchev–Trinajstić information content (AvgIpc) is 2.48. The van der Waals surface area contributed by atoms with Gasteiger partial charge < -0.3 is 15.6 Å². The maximum Gasteiger partial charge on any atom is 0.129 e. The highest BCUT2D eigenvalue weighted by Crippen LogP contribution is 2.22. The first-order valence-electron chi connectivity index (χ1n) is 6.98. The van der Waals surface area contributed by atoms with Gasteiger partial charge in [-0.2, -0.15) is 0 Å². The number of nitrogens with one attached hydrogen (secondary N) is 1. The smallest absolute Gasteiger partial charge is 0.129 e. The average molecular weight is 277 g/mol. The summed E-state index contributed by atoms with van der Waals surface area (Å²) in [5, 5.41) is 16.8. The molecule has 1 aromatic rings. The van der Waals surface area contributed by atoms with Gasteiger partial charge in [0.05, 0.1) is 12.7 Å². The summed E-state index contributed by atoms with van der Waals surface area (Å²) in [6.45, 7) is 3.16. The minimum atomic E-state index is 0.0303. The Morgan fingerprint density at radius 3 is 2.70 bits per heavy atom. The van der Waals surface area contributed by atoms with Crippen LogP contribution >= 0.6 is 0 Å². The third kappa shape index (κ3) is 3.49. The van der Waals surface area contributed by atoms with Gasteiger partial charge in [0.1, 0.15) is 11.6 Å². The Morgan fingerprint density at radius 1 is 1.45 bits per heavy atom. The zero-order valence-electron chi connectivity index (χ0n) is 11.9. The van der Waals surface area contributed by atoms with E-state index in [4.69, 9.17) is 21.0 Å². The van der Waals surface area contributed by atoms with Gasteiger partial charge in [-0.25, -0.2) is 0 Å². The van der Waals surface area contributed by atoms with Crippen LogP contribution in [0.3, 0.4) is 0 Å². The van der Waals surface area contributed by atoms with Gasteiger partial charge in [0.15, 0.2) is 0 Å². The molecule has 0 unspecified atom stereocenters. The van der Waals surface area contributed by atoms with E-state index < -0.39 is 0 Å². The number of likely N-dealkylation sites (tertiary alicyclic amines) is 1. The molecule has 1 saturated heterocycles. The van der Waals surface area contributed by atoms with Gasteiger partial charge in [-0.3, -0.25) is 10.3 Å². The Hall–Kier alpha value is -1.59.